The van der Waals surface area contributed by atoms with Gasteiger partial charge in [0.2, 0.25) is 5.88 Å². The van der Waals surface area contributed by atoms with E-state index in [1.54, 1.807) is 39.5 Å². The van der Waals surface area contributed by atoms with E-state index in [0.717, 1.165) is 17.9 Å². The van der Waals surface area contributed by atoms with Crippen LogP contribution in [0.4, 0.5) is 0 Å². The lowest BCUT2D eigenvalue weighted by Gasteiger charge is -2.15. The van der Waals surface area contributed by atoms with Gasteiger partial charge in [-0.2, -0.15) is 10.2 Å². The van der Waals surface area contributed by atoms with E-state index >= 15 is 0 Å². The third-order valence-corrected chi connectivity index (χ3v) is 5.73. The van der Waals surface area contributed by atoms with Crippen molar-refractivity contribution in [3.8, 4) is 28.8 Å². The van der Waals surface area contributed by atoms with Gasteiger partial charge in [0.1, 0.15) is 23.2 Å². The molecule has 0 amide bonds. The molecule has 1 unspecified atom stereocenters. The smallest absolute Gasteiger partial charge is 0.268 e. The maximum atomic E-state index is 12.2. The lowest BCUT2D eigenvalue weighted by atomic mass is 10.0. The van der Waals surface area contributed by atoms with Crippen LogP contribution in [0.15, 0.2) is 35.4 Å². The van der Waals surface area contributed by atoms with Crippen molar-refractivity contribution in [2.24, 2.45) is 13.0 Å². The normalized spacial score (nSPS) is 17.1. The van der Waals surface area contributed by atoms with Crippen LogP contribution in [0.3, 0.4) is 0 Å². The molecule has 1 saturated carbocycles. The van der Waals surface area contributed by atoms with Crippen LogP contribution in [0.2, 0.25) is 0 Å². The van der Waals surface area contributed by atoms with E-state index in [-0.39, 0.29) is 11.1 Å². The van der Waals surface area contributed by atoms with E-state index in [2.05, 4.69) is 15.0 Å². The summed E-state index contributed by atoms with van der Waals surface area (Å²) < 4.78 is 12.7. The summed E-state index contributed by atoms with van der Waals surface area (Å²) in [4.78, 5) is 25.5. The number of hydrogen-bond donors (Lipinski definition) is 0. The van der Waals surface area contributed by atoms with Gasteiger partial charge in [-0.3, -0.25) is 9.78 Å². The Hall–Kier alpha value is -3.73. The molecule has 158 valence electrons. The first kappa shape index (κ1) is 20.5. The fourth-order valence-electron chi connectivity index (χ4n) is 3.63. The number of hydrogen-bond acceptors (Lipinski definition) is 7. The topological polar surface area (TPSA) is 103 Å². The first-order valence-corrected chi connectivity index (χ1v) is 10.0. The highest BCUT2D eigenvalue weighted by molar-refractivity contribution is 5.71. The molecule has 3 aromatic heterocycles. The molecular formula is C23H23N5O3. The molecule has 1 fully saturated rings. The van der Waals surface area contributed by atoms with Gasteiger partial charge in [0.15, 0.2) is 0 Å². The second-order valence-corrected chi connectivity index (χ2v) is 7.71. The van der Waals surface area contributed by atoms with Crippen LogP contribution in [-0.4, -0.2) is 33.2 Å². The standard InChI is InChI=1S/C23H23N5O3/c1-13-18(7-15(9-24)23(29)28(13)3)20-11-25-14(2)27-22(20)31-12-16-8-19(16)21-6-5-17(30-4)10-26-21/h5-7,10-11,16,19H,8,12H2,1-4H3/t16?,19-/m0/s1. The van der Waals surface area contributed by atoms with Gasteiger partial charge in [-0.05, 0) is 38.5 Å². The molecule has 0 aromatic carbocycles. The minimum absolute atomic E-state index is 0.0717. The lowest BCUT2D eigenvalue weighted by Crippen LogP contribution is -2.22. The summed E-state index contributed by atoms with van der Waals surface area (Å²) in [6.07, 6.45) is 4.41. The zero-order valence-electron chi connectivity index (χ0n) is 17.9. The molecule has 8 nitrogen and oxygen atoms in total. The van der Waals surface area contributed by atoms with Gasteiger partial charge in [-0.1, -0.05) is 0 Å². The van der Waals surface area contributed by atoms with Gasteiger partial charge in [0.25, 0.3) is 5.56 Å². The van der Waals surface area contributed by atoms with Crippen molar-refractivity contribution in [3.63, 3.8) is 0 Å². The molecule has 2 atom stereocenters. The van der Waals surface area contributed by atoms with Gasteiger partial charge in [-0.25, -0.2) is 4.98 Å². The van der Waals surface area contributed by atoms with E-state index in [0.29, 0.717) is 47.0 Å². The second kappa shape index (κ2) is 8.19. The molecule has 0 bridgehead atoms. The van der Waals surface area contributed by atoms with E-state index < -0.39 is 0 Å². The Labute approximate surface area is 180 Å². The van der Waals surface area contributed by atoms with Crippen LogP contribution in [0.5, 0.6) is 11.6 Å². The van der Waals surface area contributed by atoms with Crippen molar-refractivity contribution in [1.82, 2.24) is 19.5 Å². The molecule has 0 N–H and O–H groups in total. The van der Waals surface area contributed by atoms with Crippen molar-refractivity contribution in [1.29, 1.82) is 5.26 Å². The van der Waals surface area contributed by atoms with Gasteiger partial charge < -0.3 is 14.0 Å². The Kier molecular flexibility index (Phi) is 5.42. The molecule has 0 spiro atoms. The van der Waals surface area contributed by atoms with Gasteiger partial charge in [0.05, 0.1) is 25.5 Å². The molecule has 4 rings (SSSR count). The number of aromatic nitrogens is 4. The molecule has 0 aliphatic heterocycles. The van der Waals surface area contributed by atoms with Crippen LogP contribution in [0, 0.1) is 31.1 Å². The van der Waals surface area contributed by atoms with E-state index in [1.165, 1.54) is 4.57 Å². The highest BCUT2D eigenvalue weighted by Crippen LogP contribution is 2.47. The summed E-state index contributed by atoms with van der Waals surface area (Å²) in [5.41, 5.74) is 2.86. The molecular weight excluding hydrogens is 394 g/mol. The number of nitrogens with zero attached hydrogens (tertiary/aromatic N) is 5. The molecule has 0 radical (unpaired) electrons. The van der Waals surface area contributed by atoms with Crippen molar-refractivity contribution < 1.29 is 9.47 Å². The monoisotopic (exact) mass is 417 g/mol. The van der Waals surface area contributed by atoms with Crippen molar-refractivity contribution in [3.05, 3.63) is 63.7 Å². The summed E-state index contributed by atoms with van der Waals surface area (Å²) in [5.74, 6) is 2.47. The van der Waals surface area contributed by atoms with E-state index in [9.17, 15) is 10.1 Å². The van der Waals surface area contributed by atoms with Gasteiger partial charge >= 0.3 is 0 Å². The lowest BCUT2D eigenvalue weighted by molar-refractivity contribution is 0.285. The number of ether oxygens (including phenoxy) is 2. The SMILES string of the molecule is COc1ccc([C@H]2CC2COc2nc(C)ncc2-c2cc(C#N)c(=O)n(C)c2C)nc1. The highest BCUT2D eigenvalue weighted by atomic mass is 16.5. The Morgan fingerprint density at radius 2 is 2.03 bits per heavy atom. The fraction of sp³-hybridized carbons (Fsp3) is 0.348. The van der Waals surface area contributed by atoms with Gasteiger partial charge in [-0.15, -0.1) is 0 Å². The predicted octanol–water partition coefficient (Wildman–Crippen LogP) is 2.92. The summed E-state index contributed by atoms with van der Waals surface area (Å²) >= 11 is 0. The highest BCUT2D eigenvalue weighted by Gasteiger charge is 2.40. The van der Waals surface area contributed by atoms with Crippen LogP contribution < -0.4 is 15.0 Å². The largest absolute Gasteiger partial charge is 0.495 e. The summed E-state index contributed by atoms with van der Waals surface area (Å²) in [7, 11) is 3.27. The Bertz CT molecular complexity index is 1230. The summed E-state index contributed by atoms with van der Waals surface area (Å²) in [5, 5.41) is 9.33. The second-order valence-electron chi connectivity index (χ2n) is 7.71. The maximum Gasteiger partial charge on any atom is 0.268 e. The molecule has 1 aliphatic carbocycles. The maximum absolute atomic E-state index is 12.2. The van der Waals surface area contributed by atoms with Crippen molar-refractivity contribution >= 4 is 0 Å². The average molecular weight is 417 g/mol. The van der Waals surface area contributed by atoms with E-state index in [1.807, 2.05) is 25.1 Å². The predicted molar refractivity (Wildman–Crippen MR) is 114 cm³/mol. The first-order valence-electron chi connectivity index (χ1n) is 10.0. The Morgan fingerprint density at radius 1 is 1.23 bits per heavy atom. The minimum atomic E-state index is -0.327. The molecule has 3 aromatic rings. The molecule has 8 heteroatoms. The van der Waals surface area contributed by atoms with Crippen molar-refractivity contribution in [2.75, 3.05) is 13.7 Å². The van der Waals surface area contributed by atoms with Crippen LogP contribution >= 0.6 is 0 Å². The Morgan fingerprint density at radius 3 is 2.71 bits per heavy atom. The molecule has 0 saturated heterocycles. The minimum Gasteiger partial charge on any atom is -0.495 e. The zero-order valence-corrected chi connectivity index (χ0v) is 17.9. The molecule has 31 heavy (non-hydrogen) atoms. The van der Waals surface area contributed by atoms with Gasteiger partial charge in [0, 0.05) is 42.0 Å². The zero-order chi connectivity index (χ0) is 22.1. The third kappa shape index (κ3) is 3.99. The van der Waals surface area contributed by atoms with Crippen LogP contribution in [-0.2, 0) is 7.05 Å². The third-order valence-electron chi connectivity index (χ3n) is 5.73. The summed E-state index contributed by atoms with van der Waals surface area (Å²) in [6.45, 7) is 4.12. The summed E-state index contributed by atoms with van der Waals surface area (Å²) in [6, 6.07) is 7.45. The van der Waals surface area contributed by atoms with Crippen molar-refractivity contribution in [2.45, 2.75) is 26.2 Å². The first-order chi connectivity index (χ1) is 14.9. The average Bonchev–Trinajstić information content (AvgIpc) is 3.56. The Balaban J connectivity index is 1.57. The quantitative estimate of drug-likeness (QED) is 0.607. The number of pyridine rings is 2. The number of methoxy groups -OCH3 is 1. The van der Waals surface area contributed by atoms with E-state index in [4.69, 9.17) is 9.47 Å². The molecule has 3 heterocycles. The number of rotatable bonds is 6. The van der Waals surface area contributed by atoms with Crippen LogP contribution in [0.25, 0.3) is 11.1 Å². The number of nitriles is 1. The fourth-order valence-corrected chi connectivity index (χ4v) is 3.63. The van der Waals surface area contributed by atoms with Crippen LogP contribution in [0.1, 0.15) is 35.1 Å². The molecule has 1 aliphatic rings. The number of aryl methyl sites for hydroxylation is 1.